The van der Waals surface area contributed by atoms with Crippen LogP contribution in [0.3, 0.4) is 0 Å². The minimum absolute atomic E-state index is 0.155. The van der Waals surface area contributed by atoms with E-state index in [4.69, 9.17) is 40.5 Å². The molecule has 1 aromatic rings. The average Bonchev–Trinajstić information content (AvgIpc) is 2.26. The molecule has 0 saturated carbocycles. The molecule has 0 fully saturated rings. The van der Waals surface area contributed by atoms with Crippen molar-refractivity contribution in [2.75, 3.05) is 11.6 Å². The summed E-state index contributed by atoms with van der Waals surface area (Å²) >= 11 is 17.2. The van der Waals surface area contributed by atoms with Crippen LogP contribution in [0.2, 0.25) is 10.0 Å². The molecule has 6 heteroatoms. The van der Waals surface area contributed by atoms with Crippen LogP contribution in [0.4, 0.5) is 5.69 Å². The highest BCUT2D eigenvalue weighted by molar-refractivity contribution is 6.44. The summed E-state index contributed by atoms with van der Waals surface area (Å²) in [6.07, 6.45) is -1.83. The maximum Gasteiger partial charge on any atom is 0.106 e. The fourth-order valence-corrected chi connectivity index (χ4v) is 1.96. The third-order valence-corrected chi connectivity index (χ3v) is 3.36. The molecule has 0 aromatic heterocycles. The normalized spacial score (nSPS) is 14.8. The lowest BCUT2D eigenvalue weighted by Gasteiger charge is -2.19. The van der Waals surface area contributed by atoms with Gasteiger partial charge in [0.15, 0.2) is 0 Å². The van der Waals surface area contributed by atoms with E-state index in [9.17, 15) is 10.2 Å². The largest absolute Gasteiger partial charge is 0.397 e. The van der Waals surface area contributed by atoms with Gasteiger partial charge < -0.3 is 15.9 Å². The summed E-state index contributed by atoms with van der Waals surface area (Å²) < 4.78 is 0. The van der Waals surface area contributed by atoms with Crippen LogP contribution < -0.4 is 5.73 Å². The van der Waals surface area contributed by atoms with Crippen LogP contribution in [0.15, 0.2) is 12.1 Å². The highest BCUT2D eigenvalue weighted by atomic mass is 35.5. The van der Waals surface area contributed by atoms with Gasteiger partial charge in [-0.15, -0.1) is 11.6 Å². The van der Waals surface area contributed by atoms with Crippen molar-refractivity contribution in [1.82, 2.24) is 0 Å². The van der Waals surface area contributed by atoms with Crippen molar-refractivity contribution in [3.05, 3.63) is 27.7 Å². The Bertz CT molecular complexity index is 373. The Hall–Kier alpha value is -0.190. The van der Waals surface area contributed by atoms with Crippen molar-refractivity contribution < 1.29 is 10.2 Å². The second kappa shape index (κ2) is 5.94. The first-order valence-electron chi connectivity index (χ1n) is 4.64. The second-order valence-electron chi connectivity index (χ2n) is 3.36. The highest BCUT2D eigenvalue weighted by Crippen LogP contribution is 2.35. The van der Waals surface area contributed by atoms with E-state index in [1.165, 1.54) is 12.1 Å². The van der Waals surface area contributed by atoms with Gasteiger partial charge in [-0.3, -0.25) is 0 Å². The Morgan fingerprint density at radius 1 is 1.19 bits per heavy atom. The Morgan fingerprint density at radius 3 is 2.38 bits per heavy atom. The number of nitrogen functional groups attached to an aromatic ring is 1. The lowest BCUT2D eigenvalue weighted by Crippen LogP contribution is -2.19. The summed E-state index contributed by atoms with van der Waals surface area (Å²) in [6.45, 7) is 0. The fraction of sp³-hybridized carbons (Fsp3) is 0.400. The standard InChI is InChI=1S/C10H12Cl3NO2/c11-4-3-7(15)10(16)5-1-2-6(14)9(13)8(5)12/h1-2,7,10,15-16H,3-4,14H2. The van der Waals surface area contributed by atoms with Crippen LogP contribution in [-0.2, 0) is 0 Å². The molecule has 0 aliphatic heterocycles. The minimum Gasteiger partial charge on any atom is -0.397 e. The molecule has 90 valence electrons. The predicted molar refractivity (Wildman–Crippen MR) is 67.2 cm³/mol. The molecule has 16 heavy (non-hydrogen) atoms. The molecule has 3 nitrogen and oxygen atoms in total. The number of aliphatic hydroxyl groups excluding tert-OH is 2. The number of rotatable bonds is 4. The topological polar surface area (TPSA) is 66.5 Å². The number of halogens is 3. The molecule has 0 amide bonds. The van der Waals surface area contributed by atoms with E-state index in [0.29, 0.717) is 11.3 Å². The van der Waals surface area contributed by atoms with Crippen LogP contribution in [0.5, 0.6) is 0 Å². The van der Waals surface area contributed by atoms with Crippen LogP contribution in [-0.4, -0.2) is 22.2 Å². The molecule has 0 aliphatic rings. The molecular weight excluding hydrogens is 272 g/mol. The van der Waals surface area contributed by atoms with Crippen LogP contribution in [0.1, 0.15) is 18.1 Å². The zero-order valence-electron chi connectivity index (χ0n) is 8.33. The summed E-state index contributed by atoms with van der Waals surface area (Å²) in [4.78, 5) is 0. The monoisotopic (exact) mass is 283 g/mol. The van der Waals surface area contributed by atoms with Gasteiger partial charge in [0.25, 0.3) is 0 Å². The highest BCUT2D eigenvalue weighted by Gasteiger charge is 2.22. The number of aliphatic hydroxyl groups is 2. The first kappa shape index (κ1) is 13.9. The van der Waals surface area contributed by atoms with E-state index in [2.05, 4.69) is 0 Å². The summed E-state index contributed by atoms with van der Waals surface area (Å²) in [5.74, 6) is 0.249. The number of nitrogens with two attached hydrogens (primary N) is 1. The van der Waals surface area contributed by atoms with Gasteiger partial charge in [0.1, 0.15) is 6.10 Å². The van der Waals surface area contributed by atoms with E-state index >= 15 is 0 Å². The Balaban J connectivity index is 3.00. The van der Waals surface area contributed by atoms with Crippen molar-refractivity contribution in [3.8, 4) is 0 Å². The Labute approximate surface area is 109 Å². The fourth-order valence-electron chi connectivity index (χ4n) is 1.28. The number of hydrogen-bond acceptors (Lipinski definition) is 3. The first-order chi connectivity index (χ1) is 7.49. The zero-order valence-corrected chi connectivity index (χ0v) is 10.6. The molecule has 2 atom stereocenters. The molecule has 0 aliphatic carbocycles. The summed E-state index contributed by atoms with van der Waals surface area (Å²) in [6, 6.07) is 3.06. The number of alkyl halides is 1. The molecule has 0 heterocycles. The smallest absolute Gasteiger partial charge is 0.106 e. The molecular formula is C10H12Cl3NO2. The van der Waals surface area contributed by atoms with Gasteiger partial charge in [-0.2, -0.15) is 0 Å². The van der Waals surface area contributed by atoms with E-state index in [-0.39, 0.29) is 22.3 Å². The van der Waals surface area contributed by atoms with Gasteiger partial charge in [0, 0.05) is 11.4 Å². The first-order valence-corrected chi connectivity index (χ1v) is 5.93. The maximum atomic E-state index is 9.82. The Morgan fingerprint density at radius 2 is 1.81 bits per heavy atom. The summed E-state index contributed by atoms with van der Waals surface area (Å²) in [5.41, 5.74) is 6.22. The minimum atomic E-state index is -1.12. The Kier molecular flexibility index (Phi) is 5.15. The van der Waals surface area contributed by atoms with E-state index in [1.807, 2.05) is 0 Å². The lowest BCUT2D eigenvalue weighted by molar-refractivity contribution is 0.0171. The van der Waals surface area contributed by atoms with Gasteiger partial charge in [0.05, 0.1) is 21.8 Å². The quantitative estimate of drug-likeness (QED) is 0.588. The molecule has 0 spiro atoms. The molecule has 1 rings (SSSR count). The number of hydrogen-bond donors (Lipinski definition) is 3. The van der Waals surface area contributed by atoms with Gasteiger partial charge in [0.2, 0.25) is 0 Å². The third kappa shape index (κ3) is 2.93. The van der Waals surface area contributed by atoms with Crippen molar-refractivity contribution in [2.24, 2.45) is 0 Å². The SMILES string of the molecule is Nc1ccc(C(O)C(O)CCCl)c(Cl)c1Cl. The lowest BCUT2D eigenvalue weighted by atomic mass is 10.0. The van der Waals surface area contributed by atoms with Gasteiger partial charge >= 0.3 is 0 Å². The number of anilines is 1. The van der Waals surface area contributed by atoms with Crippen LogP contribution in [0.25, 0.3) is 0 Å². The zero-order chi connectivity index (χ0) is 12.3. The maximum absolute atomic E-state index is 9.82. The van der Waals surface area contributed by atoms with Gasteiger partial charge in [-0.1, -0.05) is 29.3 Å². The second-order valence-corrected chi connectivity index (χ2v) is 4.50. The number of benzene rings is 1. The summed E-state index contributed by atoms with van der Waals surface area (Å²) in [5, 5.41) is 19.7. The van der Waals surface area contributed by atoms with Gasteiger partial charge in [-0.05, 0) is 12.5 Å². The molecule has 0 bridgehead atoms. The van der Waals surface area contributed by atoms with Crippen molar-refractivity contribution in [3.63, 3.8) is 0 Å². The molecule has 2 unspecified atom stereocenters. The third-order valence-electron chi connectivity index (χ3n) is 2.23. The van der Waals surface area contributed by atoms with Crippen LogP contribution >= 0.6 is 34.8 Å². The summed E-state index contributed by atoms with van der Waals surface area (Å²) in [7, 11) is 0. The molecule has 1 aromatic carbocycles. The van der Waals surface area contributed by atoms with Crippen molar-refractivity contribution >= 4 is 40.5 Å². The predicted octanol–water partition coefficient (Wildman–Crippen LogP) is 2.60. The van der Waals surface area contributed by atoms with Crippen molar-refractivity contribution in [1.29, 1.82) is 0 Å². The van der Waals surface area contributed by atoms with E-state index < -0.39 is 12.2 Å². The molecule has 4 N–H and O–H groups in total. The van der Waals surface area contributed by atoms with Gasteiger partial charge in [-0.25, -0.2) is 0 Å². The average molecular weight is 285 g/mol. The van der Waals surface area contributed by atoms with Crippen LogP contribution in [0, 0.1) is 0 Å². The van der Waals surface area contributed by atoms with E-state index in [1.54, 1.807) is 0 Å². The molecule has 0 saturated heterocycles. The van der Waals surface area contributed by atoms with Crippen molar-refractivity contribution in [2.45, 2.75) is 18.6 Å². The van der Waals surface area contributed by atoms with E-state index in [0.717, 1.165) is 0 Å². The molecule has 0 radical (unpaired) electrons.